The van der Waals surface area contributed by atoms with Crippen LogP contribution in [-0.2, 0) is 9.84 Å². The average Bonchev–Trinajstić information content (AvgIpc) is 2.89. The Hall–Kier alpha value is -2.15. The first-order valence-electron chi connectivity index (χ1n) is 7.69. The van der Waals surface area contributed by atoms with Crippen LogP contribution in [0.2, 0.25) is 0 Å². The Labute approximate surface area is 136 Å². The highest BCUT2D eigenvalue weighted by molar-refractivity contribution is 7.91. The van der Waals surface area contributed by atoms with Crippen LogP contribution in [0.4, 0.5) is 17.5 Å². The van der Waals surface area contributed by atoms with E-state index < -0.39 is 9.84 Å². The summed E-state index contributed by atoms with van der Waals surface area (Å²) in [6.07, 6.45) is 2.35. The van der Waals surface area contributed by atoms with Crippen molar-refractivity contribution >= 4 is 27.3 Å². The number of hydrogen-bond acceptors (Lipinski definition) is 6. The highest BCUT2D eigenvalue weighted by atomic mass is 32.2. The summed E-state index contributed by atoms with van der Waals surface area (Å²) in [5.74, 6) is 1.72. The van der Waals surface area contributed by atoms with E-state index in [-0.39, 0.29) is 17.5 Å². The van der Waals surface area contributed by atoms with E-state index in [1.54, 1.807) is 6.20 Å². The molecule has 1 aromatic heterocycles. The number of aromatic nitrogens is 2. The number of anilines is 3. The van der Waals surface area contributed by atoms with Crippen LogP contribution in [0.3, 0.4) is 0 Å². The van der Waals surface area contributed by atoms with Crippen molar-refractivity contribution in [3.63, 3.8) is 0 Å². The van der Waals surface area contributed by atoms with Gasteiger partial charge in [-0.3, -0.25) is 0 Å². The Balaban J connectivity index is 1.80. The van der Waals surface area contributed by atoms with Gasteiger partial charge in [0.1, 0.15) is 5.82 Å². The van der Waals surface area contributed by atoms with Gasteiger partial charge < -0.3 is 10.2 Å². The molecule has 1 unspecified atom stereocenters. The third-order valence-corrected chi connectivity index (χ3v) is 5.71. The molecule has 3 rings (SSSR count). The fraction of sp³-hybridized carbons (Fsp3) is 0.375. The molecule has 1 aliphatic heterocycles. The maximum absolute atomic E-state index is 11.7. The van der Waals surface area contributed by atoms with E-state index in [1.807, 2.05) is 48.2 Å². The topological polar surface area (TPSA) is 75.2 Å². The highest BCUT2D eigenvalue weighted by Crippen LogP contribution is 2.23. The number of para-hydroxylation sites is 1. The van der Waals surface area contributed by atoms with E-state index in [0.717, 1.165) is 11.5 Å². The molecule has 122 valence electrons. The Morgan fingerprint density at radius 1 is 1.26 bits per heavy atom. The molecule has 1 fully saturated rings. The van der Waals surface area contributed by atoms with Gasteiger partial charge in [-0.15, -0.1) is 0 Å². The summed E-state index contributed by atoms with van der Waals surface area (Å²) in [5.41, 5.74) is 0.913. The third kappa shape index (κ3) is 3.79. The van der Waals surface area contributed by atoms with E-state index in [9.17, 15) is 8.42 Å². The molecule has 2 aromatic rings. The normalized spacial score (nSPS) is 19.4. The lowest BCUT2D eigenvalue weighted by Crippen LogP contribution is -2.36. The monoisotopic (exact) mass is 332 g/mol. The van der Waals surface area contributed by atoms with E-state index in [1.165, 1.54) is 0 Å². The van der Waals surface area contributed by atoms with Crippen LogP contribution in [0.5, 0.6) is 0 Å². The molecular weight excluding hydrogens is 312 g/mol. The van der Waals surface area contributed by atoms with Gasteiger partial charge in [0.05, 0.1) is 11.5 Å². The van der Waals surface area contributed by atoms with Crippen LogP contribution in [0.25, 0.3) is 0 Å². The summed E-state index contributed by atoms with van der Waals surface area (Å²) in [6.45, 7) is 2.72. The molecule has 0 saturated carbocycles. The first-order chi connectivity index (χ1) is 11.1. The van der Waals surface area contributed by atoms with Gasteiger partial charge in [-0.25, -0.2) is 13.4 Å². The van der Waals surface area contributed by atoms with Gasteiger partial charge >= 0.3 is 0 Å². The summed E-state index contributed by atoms with van der Waals surface area (Å²) < 4.78 is 23.5. The molecule has 0 amide bonds. The van der Waals surface area contributed by atoms with Gasteiger partial charge in [0.2, 0.25) is 5.95 Å². The second-order valence-electron chi connectivity index (χ2n) is 5.57. The summed E-state index contributed by atoms with van der Waals surface area (Å²) in [5, 5.41) is 3.16. The van der Waals surface area contributed by atoms with Gasteiger partial charge in [0.15, 0.2) is 9.84 Å². The number of hydrogen-bond donors (Lipinski definition) is 1. The molecule has 0 bridgehead atoms. The van der Waals surface area contributed by atoms with Crippen molar-refractivity contribution < 1.29 is 8.42 Å². The quantitative estimate of drug-likeness (QED) is 0.905. The Bertz CT molecular complexity index is 765. The first kappa shape index (κ1) is 15.7. The van der Waals surface area contributed by atoms with Crippen LogP contribution in [-0.4, -0.2) is 42.5 Å². The van der Waals surface area contributed by atoms with E-state index in [2.05, 4.69) is 15.3 Å². The van der Waals surface area contributed by atoms with Crippen LogP contribution in [0.15, 0.2) is 42.6 Å². The van der Waals surface area contributed by atoms with Crippen molar-refractivity contribution in [2.75, 3.05) is 28.3 Å². The van der Waals surface area contributed by atoms with Crippen LogP contribution in [0, 0.1) is 0 Å². The molecule has 7 heteroatoms. The lowest BCUT2D eigenvalue weighted by molar-refractivity contribution is 0.599. The zero-order valence-electron chi connectivity index (χ0n) is 13.0. The highest BCUT2D eigenvalue weighted by Gasteiger charge is 2.32. The minimum Gasteiger partial charge on any atom is -0.353 e. The maximum Gasteiger partial charge on any atom is 0.229 e. The Morgan fingerprint density at radius 3 is 2.70 bits per heavy atom. The third-order valence-electron chi connectivity index (χ3n) is 3.95. The Kier molecular flexibility index (Phi) is 4.47. The minimum absolute atomic E-state index is 0.00975. The molecule has 0 spiro atoms. The molecule has 23 heavy (non-hydrogen) atoms. The average molecular weight is 332 g/mol. The van der Waals surface area contributed by atoms with Crippen molar-refractivity contribution in [3.8, 4) is 0 Å². The fourth-order valence-electron chi connectivity index (χ4n) is 2.85. The maximum atomic E-state index is 11.7. The van der Waals surface area contributed by atoms with Crippen molar-refractivity contribution in [3.05, 3.63) is 42.6 Å². The molecular formula is C16H20N4O2S. The first-order valence-corrected chi connectivity index (χ1v) is 9.52. The summed E-state index contributed by atoms with van der Waals surface area (Å²) in [7, 11) is -2.92. The summed E-state index contributed by atoms with van der Waals surface area (Å²) >= 11 is 0. The van der Waals surface area contributed by atoms with E-state index in [4.69, 9.17) is 0 Å². The molecule has 2 heterocycles. The van der Waals surface area contributed by atoms with Gasteiger partial charge in [-0.2, -0.15) is 4.98 Å². The second-order valence-corrected chi connectivity index (χ2v) is 7.80. The standard InChI is InChI=1S/C16H20N4O2S/c1-2-20(14-9-11-23(21,22)12-14)15-8-10-17-16(19-15)18-13-6-4-3-5-7-13/h3-8,10,14H,2,9,11-12H2,1H3,(H,17,18,19). The zero-order chi connectivity index (χ0) is 16.3. The van der Waals surface area contributed by atoms with Gasteiger partial charge in [0.25, 0.3) is 0 Å². The lowest BCUT2D eigenvalue weighted by Gasteiger charge is -2.28. The van der Waals surface area contributed by atoms with Crippen LogP contribution >= 0.6 is 0 Å². The zero-order valence-corrected chi connectivity index (χ0v) is 13.8. The van der Waals surface area contributed by atoms with Crippen molar-refractivity contribution in [1.82, 2.24) is 9.97 Å². The van der Waals surface area contributed by atoms with Gasteiger partial charge in [-0.05, 0) is 31.5 Å². The number of rotatable bonds is 5. The number of nitrogens with one attached hydrogen (secondary N) is 1. The molecule has 0 aliphatic carbocycles. The van der Waals surface area contributed by atoms with Crippen molar-refractivity contribution in [2.45, 2.75) is 19.4 Å². The fourth-order valence-corrected chi connectivity index (χ4v) is 4.58. The largest absolute Gasteiger partial charge is 0.353 e. The predicted octanol–water partition coefficient (Wildman–Crippen LogP) is 2.23. The smallest absolute Gasteiger partial charge is 0.229 e. The van der Waals surface area contributed by atoms with Crippen LogP contribution < -0.4 is 10.2 Å². The molecule has 1 saturated heterocycles. The number of sulfone groups is 1. The molecule has 6 nitrogen and oxygen atoms in total. The molecule has 1 atom stereocenters. The molecule has 0 radical (unpaired) electrons. The SMILES string of the molecule is CCN(c1ccnc(Nc2ccccc2)n1)C1CCS(=O)(=O)C1. The molecule has 1 N–H and O–H groups in total. The minimum atomic E-state index is -2.92. The van der Waals surface area contributed by atoms with Gasteiger partial charge in [0, 0.05) is 24.5 Å². The molecule has 1 aliphatic rings. The van der Waals surface area contributed by atoms with Crippen molar-refractivity contribution in [1.29, 1.82) is 0 Å². The van der Waals surface area contributed by atoms with E-state index >= 15 is 0 Å². The Morgan fingerprint density at radius 2 is 2.04 bits per heavy atom. The summed E-state index contributed by atoms with van der Waals surface area (Å²) in [6, 6.07) is 11.5. The van der Waals surface area contributed by atoms with E-state index in [0.29, 0.717) is 18.9 Å². The lowest BCUT2D eigenvalue weighted by atomic mass is 10.2. The second kappa shape index (κ2) is 6.54. The van der Waals surface area contributed by atoms with Crippen LogP contribution in [0.1, 0.15) is 13.3 Å². The van der Waals surface area contributed by atoms with Crippen molar-refractivity contribution in [2.24, 2.45) is 0 Å². The van der Waals surface area contributed by atoms with Gasteiger partial charge in [-0.1, -0.05) is 18.2 Å². The predicted molar refractivity (Wildman–Crippen MR) is 91.8 cm³/mol. The molecule has 1 aromatic carbocycles. The number of nitrogens with zero attached hydrogens (tertiary/aromatic N) is 3. The summed E-state index contributed by atoms with van der Waals surface area (Å²) in [4.78, 5) is 10.8. The number of benzene rings is 1.